The molecule has 0 saturated carbocycles. The molecule has 0 aliphatic heterocycles. The third-order valence-corrected chi connectivity index (χ3v) is 2.27. The van der Waals surface area contributed by atoms with Crippen LogP contribution in [0.25, 0.3) is 0 Å². The molecular weight excluding hydrogens is 148 g/mol. The Morgan fingerprint density at radius 1 is 1.33 bits per heavy atom. The Morgan fingerprint density at radius 2 is 1.83 bits per heavy atom. The maximum absolute atomic E-state index is 8.98. The monoisotopic (exact) mass is 168 g/mol. The van der Waals surface area contributed by atoms with Crippen molar-refractivity contribution in [1.29, 1.82) is 5.26 Å². The minimum absolute atomic E-state index is 0.287. The second-order valence-electron chi connectivity index (χ2n) is 3.68. The molecule has 2 heteroatoms. The summed E-state index contributed by atoms with van der Waals surface area (Å²) >= 11 is 0. The van der Waals surface area contributed by atoms with Gasteiger partial charge in [0, 0.05) is 0 Å². The van der Waals surface area contributed by atoms with Crippen molar-refractivity contribution in [1.82, 2.24) is 5.32 Å². The zero-order valence-electron chi connectivity index (χ0n) is 8.65. The maximum atomic E-state index is 8.98. The predicted octanol–water partition coefficient (Wildman–Crippen LogP) is 2.31. The van der Waals surface area contributed by atoms with Gasteiger partial charge < -0.3 is 0 Å². The van der Waals surface area contributed by atoms with Crippen LogP contribution in [0.15, 0.2) is 0 Å². The fourth-order valence-corrected chi connectivity index (χ4v) is 1.10. The predicted molar refractivity (Wildman–Crippen MR) is 51.8 cm³/mol. The third kappa shape index (κ3) is 3.23. The lowest BCUT2D eigenvalue weighted by atomic mass is 9.94. The van der Waals surface area contributed by atoms with Gasteiger partial charge in [-0.3, -0.25) is 5.32 Å². The normalized spacial score (nSPS) is 11.7. The number of nitrogens with one attached hydrogen (secondary N) is 1. The summed E-state index contributed by atoms with van der Waals surface area (Å²) in [5, 5.41) is 12.3. The average molecular weight is 168 g/mol. The number of nitrogens with zero attached hydrogens (tertiary/aromatic N) is 1. The van der Waals surface area contributed by atoms with Crippen LogP contribution >= 0.6 is 0 Å². The Balaban J connectivity index is 4.05. The van der Waals surface area contributed by atoms with Crippen molar-refractivity contribution < 1.29 is 0 Å². The van der Waals surface area contributed by atoms with E-state index >= 15 is 0 Å². The number of hydrogen-bond donors (Lipinski definition) is 1. The van der Waals surface area contributed by atoms with E-state index < -0.39 is 0 Å². The summed E-state index contributed by atoms with van der Waals surface area (Å²) in [4.78, 5) is 0. The molecule has 12 heavy (non-hydrogen) atoms. The molecular formula is C10H20N2. The number of nitriles is 1. The summed E-state index contributed by atoms with van der Waals surface area (Å²) in [6.45, 7) is 9.34. The van der Waals surface area contributed by atoms with E-state index in [9.17, 15) is 0 Å². The van der Waals surface area contributed by atoms with E-state index in [0.29, 0.717) is 5.92 Å². The lowest BCUT2D eigenvalue weighted by Gasteiger charge is -2.25. The summed E-state index contributed by atoms with van der Waals surface area (Å²) in [6, 6.07) is 2.36. The topological polar surface area (TPSA) is 35.8 Å². The molecule has 0 radical (unpaired) electrons. The van der Waals surface area contributed by atoms with E-state index in [1.807, 2.05) is 0 Å². The molecule has 0 aliphatic carbocycles. The molecule has 0 spiro atoms. The fourth-order valence-electron chi connectivity index (χ4n) is 1.10. The summed E-state index contributed by atoms with van der Waals surface area (Å²) < 4.78 is 0. The van der Waals surface area contributed by atoms with Gasteiger partial charge in [0.1, 0.15) is 5.54 Å². The van der Waals surface area contributed by atoms with Crippen LogP contribution in [-0.4, -0.2) is 12.1 Å². The van der Waals surface area contributed by atoms with Crippen molar-refractivity contribution in [3.63, 3.8) is 0 Å². The van der Waals surface area contributed by atoms with E-state index in [1.54, 1.807) is 0 Å². The van der Waals surface area contributed by atoms with Crippen molar-refractivity contribution in [2.75, 3.05) is 6.54 Å². The highest BCUT2D eigenvalue weighted by molar-refractivity contribution is 5.05. The minimum atomic E-state index is -0.287. The van der Waals surface area contributed by atoms with Gasteiger partial charge in [0.2, 0.25) is 0 Å². The second kappa shape index (κ2) is 5.16. The Labute approximate surface area is 76.0 Å². The summed E-state index contributed by atoms with van der Waals surface area (Å²) in [5.74, 6) is 0.607. The number of hydrogen-bond acceptors (Lipinski definition) is 2. The summed E-state index contributed by atoms with van der Waals surface area (Å²) in [5.41, 5.74) is -0.287. The number of rotatable bonds is 5. The molecule has 2 nitrogen and oxygen atoms in total. The van der Waals surface area contributed by atoms with Crippen LogP contribution in [0.4, 0.5) is 0 Å². The SMILES string of the molecule is CCC(C#N)(CC)NCC(C)C. The standard InChI is InChI=1S/C10H20N2/c1-5-10(6-2,8-11)12-7-9(3)4/h9,12H,5-7H2,1-4H3. The smallest absolute Gasteiger partial charge is 0.106 e. The highest BCUT2D eigenvalue weighted by Gasteiger charge is 2.24. The Kier molecular flexibility index (Phi) is 4.92. The first kappa shape index (κ1) is 11.4. The molecule has 0 aromatic heterocycles. The van der Waals surface area contributed by atoms with Crippen molar-refractivity contribution in [3.8, 4) is 6.07 Å². The van der Waals surface area contributed by atoms with Crippen LogP contribution in [0.2, 0.25) is 0 Å². The van der Waals surface area contributed by atoms with Gasteiger partial charge in [0.25, 0.3) is 0 Å². The molecule has 0 atom stereocenters. The molecule has 70 valence electrons. The summed E-state index contributed by atoms with van der Waals surface area (Å²) in [7, 11) is 0. The highest BCUT2D eigenvalue weighted by atomic mass is 15.0. The lowest BCUT2D eigenvalue weighted by Crippen LogP contribution is -2.44. The van der Waals surface area contributed by atoms with Crippen LogP contribution < -0.4 is 5.32 Å². The second-order valence-corrected chi connectivity index (χ2v) is 3.68. The molecule has 0 saturated heterocycles. The molecule has 0 rings (SSSR count). The van der Waals surface area contributed by atoms with Gasteiger partial charge in [0.15, 0.2) is 0 Å². The van der Waals surface area contributed by atoms with Gasteiger partial charge in [-0.1, -0.05) is 27.7 Å². The Morgan fingerprint density at radius 3 is 2.08 bits per heavy atom. The van der Waals surface area contributed by atoms with Crippen LogP contribution in [0, 0.1) is 17.2 Å². The first-order valence-corrected chi connectivity index (χ1v) is 4.76. The lowest BCUT2D eigenvalue weighted by molar-refractivity contribution is 0.363. The van der Waals surface area contributed by atoms with E-state index in [4.69, 9.17) is 5.26 Å². The van der Waals surface area contributed by atoms with Crippen LogP contribution in [0.3, 0.4) is 0 Å². The van der Waals surface area contributed by atoms with Crippen LogP contribution in [0.1, 0.15) is 40.5 Å². The van der Waals surface area contributed by atoms with Crippen LogP contribution in [0.5, 0.6) is 0 Å². The van der Waals surface area contributed by atoms with E-state index in [0.717, 1.165) is 19.4 Å². The van der Waals surface area contributed by atoms with Gasteiger partial charge in [-0.2, -0.15) is 5.26 Å². The summed E-state index contributed by atoms with van der Waals surface area (Å²) in [6.07, 6.45) is 1.76. The highest BCUT2D eigenvalue weighted by Crippen LogP contribution is 2.13. The zero-order valence-corrected chi connectivity index (χ0v) is 8.65. The Hall–Kier alpha value is -0.550. The molecule has 0 bridgehead atoms. The first-order chi connectivity index (χ1) is 5.60. The maximum Gasteiger partial charge on any atom is 0.106 e. The largest absolute Gasteiger partial charge is 0.299 e. The molecule has 0 heterocycles. The quantitative estimate of drug-likeness (QED) is 0.683. The zero-order chi connectivity index (χ0) is 9.61. The third-order valence-electron chi connectivity index (χ3n) is 2.27. The first-order valence-electron chi connectivity index (χ1n) is 4.76. The molecule has 0 fully saturated rings. The van der Waals surface area contributed by atoms with Gasteiger partial charge in [-0.25, -0.2) is 0 Å². The fraction of sp³-hybridized carbons (Fsp3) is 0.900. The average Bonchev–Trinajstić information content (AvgIpc) is 2.08. The molecule has 1 N–H and O–H groups in total. The Bertz CT molecular complexity index is 152. The molecule has 0 aromatic carbocycles. The van der Waals surface area contributed by atoms with E-state index in [1.165, 1.54) is 0 Å². The van der Waals surface area contributed by atoms with Crippen molar-refractivity contribution in [3.05, 3.63) is 0 Å². The molecule has 0 amide bonds. The van der Waals surface area contributed by atoms with Gasteiger partial charge in [0.05, 0.1) is 6.07 Å². The van der Waals surface area contributed by atoms with Gasteiger partial charge >= 0.3 is 0 Å². The van der Waals surface area contributed by atoms with Crippen LogP contribution in [-0.2, 0) is 0 Å². The van der Waals surface area contributed by atoms with Gasteiger partial charge in [-0.15, -0.1) is 0 Å². The van der Waals surface area contributed by atoms with Crippen molar-refractivity contribution in [2.24, 2.45) is 5.92 Å². The molecule has 0 aliphatic rings. The van der Waals surface area contributed by atoms with Gasteiger partial charge in [-0.05, 0) is 25.3 Å². The van der Waals surface area contributed by atoms with Crippen molar-refractivity contribution >= 4 is 0 Å². The molecule has 0 aromatic rings. The van der Waals surface area contributed by atoms with Crippen molar-refractivity contribution in [2.45, 2.75) is 46.1 Å². The minimum Gasteiger partial charge on any atom is -0.299 e. The van der Waals surface area contributed by atoms with E-state index in [2.05, 4.69) is 39.1 Å². The van der Waals surface area contributed by atoms with E-state index in [-0.39, 0.29) is 5.54 Å². The molecule has 0 unspecified atom stereocenters.